The van der Waals surface area contributed by atoms with E-state index in [4.69, 9.17) is 0 Å². The fraction of sp³-hybridized carbons (Fsp3) is 0.538. The van der Waals surface area contributed by atoms with Gasteiger partial charge in [-0.1, -0.05) is 0 Å². The highest BCUT2D eigenvalue weighted by Crippen LogP contribution is 2.32. The molecule has 1 heterocycles. The van der Waals surface area contributed by atoms with Crippen LogP contribution in [0.2, 0.25) is 0 Å². The molecule has 5 nitrogen and oxygen atoms in total. The molecular formula is C13H14F4N2O3. The molecule has 1 aromatic rings. The highest BCUT2D eigenvalue weighted by Gasteiger charge is 2.32. The molecule has 9 heteroatoms. The van der Waals surface area contributed by atoms with E-state index in [1.807, 2.05) is 0 Å². The lowest BCUT2D eigenvalue weighted by atomic mass is 9.97. The molecule has 122 valence electrons. The molecule has 0 bridgehead atoms. The van der Waals surface area contributed by atoms with E-state index >= 15 is 0 Å². The lowest BCUT2D eigenvalue weighted by Gasteiger charge is -2.33. The molecule has 1 aliphatic heterocycles. The second kappa shape index (κ2) is 6.47. The van der Waals surface area contributed by atoms with Crippen LogP contribution in [0.3, 0.4) is 0 Å². The molecule has 1 fully saturated rings. The Labute approximate surface area is 123 Å². The lowest BCUT2D eigenvalue weighted by Crippen LogP contribution is -2.36. The van der Waals surface area contributed by atoms with Crippen molar-refractivity contribution in [2.24, 2.45) is 5.92 Å². The molecule has 1 aromatic carbocycles. The highest BCUT2D eigenvalue weighted by molar-refractivity contribution is 5.63. The quantitative estimate of drug-likeness (QED) is 0.484. The summed E-state index contributed by atoms with van der Waals surface area (Å²) in [6.07, 6.45) is -3.80. The Balaban J connectivity index is 1.99. The number of nitro benzene ring substituents is 1. The standard InChI is InChI=1S/C13H14F4N2O3/c14-10-1-2-11(12(7-10)19(20)21)18-5-3-9(4-6-18)8-22-13(15,16)17/h1-2,7,9H,3-6,8H2. The summed E-state index contributed by atoms with van der Waals surface area (Å²) in [4.78, 5) is 12.0. The van der Waals surface area contributed by atoms with Gasteiger partial charge >= 0.3 is 6.36 Å². The van der Waals surface area contributed by atoms with Crippen molar-refractivity contribution in [3.8, 4) is 0 Å². The van der Waals surface area contributed by atoms with E-state index in [9.17, 15) is 27.7 Å². The molecule has 1 saturated heterocycles. The number of halogens is 4. The van der Waals surface area contributed by atoms with Gasteiger partial charge < -0.3 is 4.90 Å². The minimum Gasteiger partial charge on any atom is -0.366 e. The van der Waals surface area contributed by atoms with Crippen LogP contribution in [0.1, 0.15) is 12.8 Å². The van der Waals surface area contributed by atoms with Crippen LogP contribution < -0.4 is 4.90 Å². The van der Waals surface area contributed by atoms with Crippen molar-refractivity contribution >= 4 is 11.4 Å². The summed E-state index contributed by atoms with van der Waals surface area (Å²) < 4.78 is 52.9. The third-order valence-electron chi connectivity index (χ3n) is 3.57. The van der Waals surface area contributed by atoms with Crippen LogP contribution in [-0.4, -0.2) is 31.0 Å². The van der Waals surface area contributed by atoms with Crippen molar-refractivity contribution in [1.82, 2.24) is 0 Å². The summed E-state index contributed by atoms with van der Waals surface area (Å²) in [5.74, 6) is -0.957. The number of anilines is 1. The Morgan fingerprint density at radius 1 is 1.32 bits per heavy atom. The zero-order valence-electron chi connectivity index (χ0n) is 11.5. The van der Waals surface area contributed by atoms with Crippen LogP contribution >= 0.6 is 0 Å². The van der Waals surface area contributed by atoms with Crippen LogP contribution in [0.5, 0.6) is 0 Å². The first-order valence-electron chi connectivity index (χ1n) is 6.66. The van der Waals surface area contributed by atoms with E-state index in [2.05, 4.69) is 4.74 Å². The molecule has 0 aromatic heterocycles. The number of benzene rings is 1. The summed E-state index contributed by atoms with van der Waals surface area (Å²) >= 11 is 0. The zero-order chi connectivity index (χ0) is 16.3. The summed E-state index contributed by atoms with van der Waals surface area (Å²) in [5, 5.41) is 11.0. The zero-order valence-corrected chi connectivity index (χ0v) is 11.5. The first kappa shape index (κ1) is 16.5. The second-order valence-electron chi connectivity index (χ2n) is 5.08. The molecule has 0 saturated carbocycles. The van der Waals surface area contributed by atoms with Gasteiger partial charge in [0.15, 0.2) is 0 Å². The molecule has 0 spiro atoms. The maximum absolute atomic E-state index is 13.1. The minimum atomic E-state index is -4.65. The van der Waals surface area contributed by atoms with Gasteiger partial charge in [0.2, 0.25) is 0 Å². The van der Waals surface area contributed by atoms with E-state index in [0.717, 1.165) is 12.1 Å². The molecule has 0 aliphatic carbocycles. The molecule has 2 rings (SSSR count). The predicted octanol–water partition coefficient (Wildman–Crippen LogP) is 3.49. The SMILES string of the molecule is O=[N+]([O-])c1cc(F)ccc1N1CCC(COC(F)(F)F)CC1. The van der Waals surface area contributed by atoms with E-state index in [1.165, 1.54) is 6.07 Å². The van der Waals surface area contributed by atoms with Gasteiger partial charge in [0, 0.05) is 13.1 Å². The van der Waals surface area contributed by atoms with E-state index in [0.29, 0.717) is 25.9 Å². The maximum Gasteiger partial charge on any atom is 0.522 e. The van der Waals surface area contributed by atoms with Crippen molar-refractivity contribution in [3.05, 3.63) is 34.1 Å². The Kier molecular flexibility index (Phi) is 4.84. The molecule has 0 amide bonds. The highest BCUT2D eigenvalue weighted by atomic mass is 19.4. The molecule has 22 heavy (non-hydrogen) atoms. The van der Waals surface area contributed by atoms with Gasteiger partial charge in [0.05, 0.1) is 17.6 Å². The Hall–Kier alpha value is -1.90. The van der Waals surface area contributed by atoms with Crippen LogP contribution in [0.4, 0.5) is 28.9 Å². The second-order valence-corrected chi connectivity index (χ2v) is 5.08. The number of nitro groups is 1. The number of nitrogens with zero attached hydrogens (tertiary/aromatic N) is 2. The summed E-state index contributed by atoms with van der Waals surface area (Å²) in [6, 6.07) is 3.29. The van der Waals surface area contributed by atoms with Crippen LogP contribution in [0, 0.1) is 21.8 Å². The molecule has 0 unspecified atom stereocenters. The Bertz CT molecular complexity index is 543. The molecule has 0 atom stereocenters. The van der Waals surface area contributed by atoms with Crippen LogP contribution in [-0.2, 0) is 4.74 Å². The van der Waals surface area contributed by atoms with Gasteiger partial charge in [0.25, 0.3) is 5.69 Å². The average Bonchev–Trinajstić information content (AvgIpc) is 2.45. The third-order valence-corrected chi connectivity index (χ3v) is 3.57. The number of piperidine rings is 1. The van der Waals surface area contributed by atoms with Gasteiger partial charge in [0.1, 0.15) is 11.5 Å². The largest absolute Gasteiger partial charge is 0.522 e. The number of alkyl halides is 3. The number of ether oxygens (including phenoxy) is 1. The fourth-order valence-corrected chi connectivity index (χ4v) is 2.46. The van der Waals surface area contributed by atoms with Gasteiger partial charge in [-0.3, -0.25) is 14.9 Å². The smallest absolute Gasteiger partial charge is 0.366 e. The minimum absolute atomic E-state index is 0.252. The summed E-state index contributed by atoms with van der Waals surface area (Å²) in [6.45, 7) is 0.305. The molecule has 1 aliphatic rings. The Morgan fingerprint density at radius 3 is 2.50 bits per heavy atom. The van der Waals surface area contributed by atoms with Gasteiger partial charge in [-0.2, -0.15) is 0 Å². The predicted molar refractivity (Wildman–Crippen MR) is 70.0 cm³/mol. The summed E-state index contributed by atoms with van der Waals surface area (Å²) in [5.41, 5.74) is -0.0634. The van der Waals surface area contributed by atoms with Crippen molar-refractivity contribution < 1.29 is 27.2 Å². The van der Waals surface area contributed by atoms with E-state index in [-0.39, 0.29) is 17.3 Å². The average molecular weight is 322 g/mol. The van der Waals surface area contributed by atoms with Crippen molar-refractivity contribution in [2.75, 3.05) is 24.6 Å². The third kappa shape index (κ3) is 4.30. The molecular weight excluding hydrogens is 308 g/mol. The van der Waals surface area contributed by atoms with E-state index in [1.54, 1.807) is 4.90 Å². The lowest BCUT2D eigenvalue weighted by molar-refractivity contribution is -0.384. The van der Waals surface area contributed by atoms with E-state index < -0.39 is 23.7 Å². The fourth-order valence-electron chi connectivity index (χ4n) is 2.46. The summed E-state index contributed by atoms with van der Waals surface area (Å²) in [7, 11) is 0. The normalized spacial score (nSPS) is 16.8. The monoisotopic (exact) mass is 322 g/mol. The number of hydrogen-bond donors (Lipinski definition) is 0. The van der Waals surface area contributed by atoms with Crippen molar-refractivity contribution in [1.29, 1.82) is 0 Å². The maximum atomic E-state index is 13.1. The van der Waals surface area contributed by atoms with Crippen LogP contribution in [0.15, 0.2) is 18.2 Å². The van der Waals surface area contributed by atoms with Crippen molar-refractivity contribution in [2.45, 2.75) is 19.2 Å². The first-order chi connectivity index (χ1) is 10.3. The molecule has 0 N–H and O–H groups in total. The topological polar surface area (TPSA) is 55.6 Å². The van der Waals surface area contributed by atoms with Gasteiger partial charge in [-0.15, -0.1) is 13.2 Å². The van der Waals surface area contributed by atoms with Crippen molar-refractivity contribution in [3.63, 3.8) is 0 Å². The Morgan fingerprint density at radius 2 is 1.95 bits per heavy atom. The number of hydrogen-bond acceptors (Lipinski definition) is 4. The van der Waals surface area contributed by atoms with Gasteiger partial charge in [-0.05, 0) is 30.9 Å². The number of rotatable bonds is 4. The van der Waals surface area contributed by atoms with Crippen LogP contribution in [0.25, 0.3) is 0 Å². The molecule has 0 radical (unpaired) electrons. The van der Waals surface area contributed by atoms with Gasteiger partial charge in [-0.25, -0.2) is 4.39 Å². The first-order valence-corrected chi connectivity index (χ1v) is 6.66.